The Balaban J connectivity index is 0.00000243. The quantitative estimate of drug-likeness (QED) is 0.750. The maximum absolute atomic E-state index is 12.8. The molecule has 2 N–H and O–H groups in total. The smallest absolute Gasteiger partial charge is 0.241 e. The van der Waals surface area contributed by atoms with Gasteiger partial charge in [-0.2, -0.15) is 0 Å². The van der Waals surface area contributed by atoms with Gasteiger partial charge in [-0.15, -0.1) is 12.4 Å². The van der Waals surface area contributed by atoms with Crippen molar-refractivity contribution >= 4 is 33.2 Å². The van der Waals surface area contributed by atoms with Crippen LogP contribution >= 0.6 is 12.4 Å². The molecule has 26 heavy (non-hydrogen) atoms. The van der Waals surface area contributed by atoms with Crippen LogP contribution in [0.25, 0.3) is 10.8 Å². The first kappa shape index (κ1) is 21.0. The molecule has 1 aliphatic rings. The molecule has 0 bridgehead atoms. The highest BCUT2D eigenvalue weighted by Gasteiger charge is 2.20. The second-order valence-electron chi connectivity index (χ2n) is 6.44. The molecule has 1 atom stereocenters. The number of benzene rings is 2. The fraction of sp³-hybridized carbons (Fsp3) is 0.474. The van der Waals surface area contributed by atoms with Gasteiger partial charge in [0, 0.05) is 17.3 Å². The molecule has 1 heterocycles. The van der Waals surface area contributed by atoms with Crippen LogP contribution in [0.2, 0.25) is 0 Å². The molecule has 144 valence electrons. The molecule has 0 amide bonds. The van der Waals surface area contributed by atoms with Gasteiger partial charge >= 0.3 is 0 Å². The van der Waals surface area contributed by atoms with Crippen LogP contribution in [0.3, 0.4) is 0 Å². The Labute approximate surface area is 162 Å². The summed E-state index contributed by atoms with van der Waals surface area (Å²) in [6.45, 7) is 4.98. The Morgan fingerprint density at radius 1 is 1.19 bits per heavy atom. The van der Waals surface area contributed by atoms with E-state index in [9.17, 15) is 8.42 Å². The van der Waals surface area contributed by atoms with E-state index in [4.69, 9.17) is 4.74 Å². The normalized spacial score (nSPS) is 17.7. The van der Waals surface area contributed by atoms with E-state index >= 15 is 0 Å². The average molecular weight is 399 g/mol. The highest BCUT2D eigenvalue weighted by atomic mass is 35.5. The predicted molar refractivity (Wildman–Crippen MR) is 108 cm³/mol. The number of sulfonamides is 1. The van der Waals surface area contributed by atoms with Crippen molar-refractivity contribution in [3.8, 4) is 5.75 Å². The highest BCUT2D eigenvalue weighted by molar-refractivity contribution is 7.89. The molecule has 1 fully saturated rings. The summed E-state index contributed by atoms with van der Waals surface area (Å²) in [5.41, 5.74) is 0. The minimum Gasteiger partial charge on any atom is -0.493 e. The van der Waals surface area contributed by atoms with E-state index in [-0.39, 0.29) is 12.4 Å². The summed E-state index contributed by atoms with van der Waals surface area (Å²) in [4.78, 5) is 0.313. The zero-order valence-corrected chi connectivity index (χ0v) is 16.7. The lowest BCUT2D eigenvalue weighted by Crippen LogP contribution is -2.33. The molecular weight excluding hydrogens is 372 g/mol. The van der Waals surface area contributed by atoms with Crippen molar-refractivity contribution < 1.29 is 13.2 Å². The van der Waals surface area contributed by atoms with Crippen LogP contribution in [0.15, 0.2) is 41.3 Å². The largest absolute Gasteiger partial charge is 0.493 e. The van der Waals surface area contributed by atoms with Crippen molar-refractivity contribution in [1.82, 2.24) is 10.0 Å². The summed E-state index contributed by atoms with van der Waals surface area (Å²) < 4.78 is 34.0. The highest BCUT2D eigenvalue weighted by Crippen LogP contribution is 2.31. The first-order valence-electron chi connectivity index (χ1n) is 8.96. The van der Waals surface area contributed by atoms with E-state index in [0.29, 0.717) is 35.1 Å². The second kappa shape index (κ2) is 9.55. The zero-order chi connectivity index (χ0) is 17.7. The van der Waals surface area contributed by atoms with Crippen LogP contribution < -0.4 is 14.8 Å². The molecule has 0 aromatic heterocycles. The number of piperidine rings is 1. The van der Waals surface area contributed by atoms with Crippen molar-refractivity contribution in [3.05, 3.63) is 36.4 Å². The van der Waals surface area contributed by atoms with Gasteiger partial charge in [-0.3, -0.25) is 0 Å². The Hall–Kier alpha value is -1.34. The molecule has 1 unspecified atom stereocenters. The van der Waals surface area contributed by atoms with E-state index in [0.717, 1.165) is 24.9 Å². The SMILES string of the molecule is CCOc1ccc(S(=O)(=O)NCCC2CCCNC2)c2ccccc12.Cl. The summed E-state index contributed by atoms with van der Waals surface area (Å²) in [6, 6.07) is 10.9. The molecule has 5 nitrogen and oxygen atoms in total. The van der Waals surface area contributed by atoms with Crippen LogP contribution in [0, 0.1) is 5.92 Å². The maximum atomic E-state index is 12.8. The lowest BCUT2D eigenvalue weighted by molar-refractivity contribution is 0.344. The van der Waals surface area contributed by atoms with Gasteiger partial charge in [-0.25, -0.2) is 13.1 Å². The van der Waals surface area contributed by atoms with Gasteiger partial charge in [-0.1, -0.05) is 24.3 Å². The molecule has 0 radical (unpaired) electrons. The van der Waals surface area contributed by atoms with E-state index in [1.807, 2.05) is 31.2 Å². The van der Waals surface area contributed by atoms with Gasteiger partial charge < -0.3 is 10.1 Å². The molecule has 1 saturated heterocycles. The molecule has 2 aromatic carbocycles. The van der Waals surface area contributed by atoms with Crippen molar-refractivity contribution in [1.29, 1.82) is 0 Å². The van der Waals surface area contributed by atoms with Gasteiger partial charge in [0.2, 0.25) is 10.0 Å². The van der Waals surface area contributed by atoms with E-state index < -0.39 is 10.0 Å². The molecular formula is C19H27ClN2O3S. The lowest BCUT2D eigenvalue weighted by atomic mass is 9.96. The van der Waals surface area contributed by atoms with Gasteiger partial charge in [0.1, 0.15) is 5.75 Å². The van der Waals surface area contributed by atoms with Gasteiger partial charge in [-0.05, 0) is 57.3 Å². The van der Waals surface area contributed by atoms with E-state index in [1.165, 1.54) is 12.8 Å². The molecule has 7 heteroatoms. The van der Waals surface area contributed by atoms with Crippen molar-refractivity contribution in [2.24, 2.45) is 5.92 Å². The molecule has 3 rings (SSSR count). The number of nitrogens with one attached hydrogen (secondary N) is 2. The third kappa shape index (κ3) is 4.88. The standard InChI is InChI=1S/C19H26N2O3S.ClH/c1-2-24-18-9-10-19(17-8-4-3-7-16(17)18)25(22,23)21-13-11-15-6-5-12-20-14-15;/h3-4,7-10,15,20-21H,2,5-6,11-14H2,1H3;1H. The third-order valence-corrected chi connectivity index (χ3v) is 6.20. The summed E-state index contributed by atoms with van der Waals surface area (Å²) in [5, 5.41) is 4.88. The lowest BCUT2D eigenvalue weighted by Gasteiger charge is -2.22. The Morgan fingerprint density at radius 2 is 1.96 bits per heavy atom. The van der Waals surface area contributed by atoms with Crippen LogP contribution in [-0.4, -0.2) is 34.7 Å². The van der Waals surface area contributed by atoms with Crippen LogP contribution in [0.5, 0.6) is 5.75 Å². The first-order valence-corrected chi connectivity index (χ1v) is 10.4. The third-order valence-electron chi connectivity index (χ3n) is 4.68. The summed E-state index contributed by atoms with van der Waals surface area (Å²) >= 11 is 0. The average Bonchev–Trinajstić information content (AvgIpc) is 2.63. The number of fused-ring (bicyclic) bond motifs is 1. The zero-order valence-electron chi connectivity index (χ0n) is 15.0. The minimum absolute atomic E-state index is 0. The Bertz CT molecular complexity index is 821. The van der Waals surface area contributed by atoms with Gasteiger partial charge in [0.25, 0.3) is 0 Å². The number of hydrogen-bond donors (Lipinski definition) is 2. The van der Waals surface area contributed by atoms with E-state index in [1.54, 1.807) is 12.1 Å². The second-order valence-corrected chi connectivity index (χ2v) is 8.17. The monoisotopic (exact) mass is 398 g/mol. The Kier molecular flexibility index (Phi) is 7.70. The first-order chi connectivity index (χ1) is 12.1. The Morgan fingerprint density at radius 3 is 2.65 bits per heavy atom. The van der Waals surface area contributed by atoms with Crippen LogP contribution in [0.4, 0.5) is 0 Å². The topological polar surface area (TPSA) is 67.4 Å². The molecule has 0 saturated carbocycles. The van der Waals surface area contributed by atoms with Gasteiger partial charge in [0.05, 0.1) is 11.5 Å². The molecule has 0 aliphatic carbocycles. The minimum atomic E-state index is -3.55. The number of halogens is 1. The molecule has 0 spiro atoms. The van der Waals surface area contributed by atoms with E-state index in [2.05, 4.69) is 10.0 Å². The van der Waals surface area contributed by atoms with Crippen LogP contribution in [0.1, 0.15) is 26.2 Å². The fourth-order valence-electron chi connectivity index (χ4n) is 3.41. The summed E-state index contributed by atoms with van der Waals surface area (Å²) in [7, 11) is -3.55. The van der Waals surface area contributed by atoms with Crippen molar-refractivity contribution in [2.45, 2.75) is 31.1 Å². The summed E-state index contributed by atoms with van der Waals surface area (Å²) in [5.74, 6) is 1.26. The maximum Gasteiger partial charge on any atom is 0.241 e. The van der Waals surface area contributed by atoms with Crippen LogP contribution in [-0.2, 0) is 10.0 Å². The molecule has 1 aliphatic heterocycles. The predicted octanol–water partition coefficient (Wildman–Crippen LogP) is 3.33. The number of ether oxygens (including phenoxy) is 1. The molecule has 2 aromatic rings. The number of hydrogen-bond acceptors (Lipinski definition) is 4. The van der Waals surface area contributed by atoms with Gasteiger partial charge in [0.15, 0.2) is 0 Å². The van der Waals surface area contributed by atoms with Crippen molar-refractivity contribution in [2.75, 3.05) is 26.2 Å². The number of rotatable bonds is 7. The van der Waals surface area contributed by atoms with Crippen molar-refractivity contribution in [3.63, 3.8) is 0 Å². The summed E-state index contributed by atoms with van der Waals surface area (Å²) in [6.07, 6.45) is 3.20. The fourth-order valence-corrected chi connectivity index (χ4v) is 4.66.